The molecule has 0 radical (unpaired) electrons. The fourth-order valence-electron chi connectivity index (χ4n) is 1.17. The zero-order chi connectivity index (χ0) is 5.40. The molecule has 0 heterocycles. The van der Waals surface area contributed by atoms with E-state index in [1.54, 1.807) is 11.1 Å². The summed E-state index contributed by atoms with van der Waals surface area (Å²) in [6.07, 6.45) is 9.97. The highest BCUT2D eigenvalue weighted by molar-refractivity contribution is 5.37. The zero-order valence-corrected chi connectivity index (χ0v) is 4.98. The molecule has 42 valence electrons. The van der Waals surface area contributed by atoms with Crippen LogP contribution in [-0.2, 0) is 0 Å². The molecule has 0 heteroatoms. The largest absolute Gasteiger partial charge is 0.0799 e. The third kappa shape index (κ3) is 0.459. The fourth-order valence-corrected chi connectivity index (χ4v) is 1.17. The van der Waals surface area contributed by atoms with Gasteiger partial charge in [-0.25, -0.2) is 0 Å². The van der Waals surface area contributed by atoms with Crippen molar-refractivity contribution in [3.05, 3.63) is 23.3 Å². The summed E-state index contributed by atoms with van der Waals surface area (Å²) in [4.78, 5) is 0. The highest BCUT2D eigenvalue weighted by atomic mass is 14.2. The summed E-state index contributed by atoms with van der Waals surface area (Å²) in [5, 5.41) is 0. The van der Waals surface area contributed by atoms with Crippen LogP contribution >= 0.6 is 0 Å². The third-order valence-electron chi connectivity index (χ3n) is 2.07. The SMILES string of the molecule is C1=CC(=C2CCC2)C1. The van der Waals surface area contributed by atoms with Crippen LogP contribution in [0.4, 0.5) is 0 Å². The fraction of sp³-hybridized carbons (Fsp3) is 0.500. The van der Waals surface area contributed by atoms with Crippen molar-refractivity contribution in [3.63, 3.8) is 0 Å². The quantitative estimate of drug-likeness (QED) is 0.445. The van der Waals surface area contributed by atoms with Gasteiger partial charge in [0.2, 0.25) is 0 Å². The lowest BCUT2D eigenvalue weighted by Crippen LogP contribution is -2.03. The Bertz CT molecular complexity index is 155. The highest BCUT2D eigenvalue weighted by Gasteiger charge is 2.14. The molecule has 2 aliphatic carbocycles. The van der Waals surface area contributed by atoms with Crippen LogP contribution in [0.25, 0.3) is 0 Å². The van der Waals surface area contributed by atoms with Gasteiger partial charge in [-0.1, -0.05) is 17.7 Å². The first-order chi connectivity index (χ1) is 3.97. The minimum atomic E-state index is 1.26. The predicted octanol–water partition coefficient (Wildman–Crippen LogP) is 2.43. The molecule has 0 N–H and O–H groups in total. The first-order valence-electron chi connectivity index (χ1n) is 3.34. The van der Waals surface area contributed by atoms with Crippen molar-refractivity contribution < 1.29 is 0 Å². The van der Waals surface area contributed by atoms with Crippen LogP contribution in [0.3, 0.4) is 0 Å². The monoisotopic (exact) mass is 106 g/mol. The summed E-state index contributed by atoms with van der Waals surface area (Å²) < 4.78 is 0. The lowest BCUT2D eigenvalue weighted by Gasteiger charge is -2.22. The van der Waals surface area contributed by atoms with Gasteiger partial charge in [0.05, 0.1) is 0 Å². The van der Waals surface area contributed by atoms with E-state index >= 15 is 0 Å². The molecule has 0 amide bonds. The van der Waals surface area contributed by atoms with Crippen molar-refractivity contribution in [2.75, 3.05) is 0 Å². The van der Waals surface area contributed by atoms with Crippen molar-refractivity contribution in [1.29, 1.82) is 0 Å². The third-order valence-corrected chi connectivity index (χ3v) is 2.07. The summed E-state index contributed by atoms with van der Waals surface area (Å²) in [7, 11) is 0. The van der Waals surface area contributed by atoms with Crippen LogP contribution in [0.1, 0.15) is 25.7 Å². The van der Waals surface area contributed by atoms with Crippen LogP contribution in [-0.4, -0.2) is 0 Å². The number of rotatable bonds is 0. The van der Waals surface area contributed by atoms with E-state index < -0.39 is 0 Å². The maximum atomic E-state index is 2.26. The van der Waals surface area contributed by atoms with Crippen LogP contribution < -0.4 is 0 Å². The second-order valence-electron chi connectivity index (χ2n) is 2.59. The van der Waals surface area contributed by atoms with E-state index in [2.05, 4.69) is 12.2 Å². The molecule has 0 aromatic heterocycles. The van der Waals surface area contributed by atoms with E-state index in [-0.39, 0.29) is 0 Å². The van der Waals surface area contributed by atoms with Gasteiger partial charge in [-0.05, 0) is 31.3 Å². The van der Waals surface area contributed by atoms with E-state index in [1.807, 2.05) is 0 Å². The minimum absolute atomic E-state index is 1.26. The molecule has 0 atom stereocenters. The van der Waals surface area contributed by atoms with Crippen LogP contribution in [0.15, 0.2) is 23.3 Å². The molecule has 0 unspecified atom stereocenters. The van der Waals surface area contributed by atoms with Crippen molar-refractivity contribution in [1.82, 2.24) is 0 Å². The molecule has 0 spiro atoms. The van der Waals surface area contributed by atoms with Crippen molar-refractivity contribution in [3.8, 4) is 0 Å². The molecule has 1 saturated carbocycles. The van der Waals surface area contributed by atoms with Gasteiger partial charge in [-0.2, -0.15) is 0 Å². The van der Waals surface area contributed by atoms with Crippen LogP contribution in [0, 0.1) is 0 Å². The van der Waals surface area contributed by atoms with E-state index in [0.717, 1.165) is 0 Å². The Kier molecular flexibility index (Phi) is 0.806. The average Bonchev–Trinajstić information content (AvgIpc) is 1.47. The van der Waals surface area contributed by atoms with Gasteiger partial charge in [-0.3, -0.25) is 0 Å². The van der Waals surface area contributed by atoms with Gasteiger partial charge in [0.15, 0.2) is 0 Å². The highest BCUT2D eigenvalue weighted by Crippen LogP contribution is 2.33. The van der Waals surface area contributed by atoms with Gasteiger partial charge in [-0.15, -0.1) is 0 Å². The Labute approximate surface area is 49.9 Å². The second-order valence-corrected chi connectivity index (χ2v) is 2.59. The Morgan fingerprint density at radius 3 is 2.12 bits per heavy atom. The van der Waals surface area contributed by atoms with Gasteiger partial charge >= 0.3 is 0 Å². The van der Waals surface area contributed by atoms with Crippen molar-refractivity contribution in [2.24, 2.45) is 0 Å². The molecule has 8 heavy (non-hydrogen) atoms. The summed E-state index contributed by atoms with van der Waals surface area (Å²) in [6.45, 7) is 0. The van der Waals surface area contributed by atoms with Gasteiger partial charge in [0.1, 0.15) is 0 Å². The molecule has 0 nitrogen and oxygen atoms in total. The Balaban J connectivity index is 2.20. The minimum Gasteiger partial charge on any atom is -0.0799 e. The van der Waals surface area contributed by atoms with Gasteiger partial charge < -0.3 is 0 Å². The van der Waals surface area contributed by atoms with Gasteiger partial charge in [0.25, 0.3) is 0 Å². The predicted molar refractivity (Wildman–Crippen MR) is 34.6 cm³/mol. The van der Waals surface area contributed by atoms with E-state index in [9.17, 15) is 0 Å². The molecule has 0 bridgehead atoms. The smallest absolute Gasteiger partial charge is 0.00948 e. The first-order valence-corrected chi connectivity index (χ1v) is 3.34. The zero-order valence-electron chi connectivity index (χ0n) is 4.98. The van der Waals surface area contributed by atoms with Crippen LogP contribution in [0.2, 0.25) is 0 Å². The molecular weight excluding hydrogens is 96.1 g/mol. The summed E-state index contributed by atoms with van der Waals surface area (Å²) in [6, 6.07) is 0. The van der Waals surface area contributed by atoms with Gasteiger partial charge in [0, 0.05) is 0 Å². The van der Waals surface area contributed by atoms with Crippen molar-refractivity contribution >= 4 is 0 Å². The molecular formula is C8H10. The lowest BCUT2D eigenvalue weighted by molar-refractivity contribution is 0.648. The molecule has 2 rings (SSSR count). The van der Waals surface area contributed by atoms with Crippen LogP contribution in [0.5, 0.6) is 0 Å². The topological polar surface area (TPSA) is 0 Å². The van der Waals surface area contributed by atoms with E-state index in [1.165, 1.54) is 25.7 Å². The lowest BCUT2D eigenvalue weighted by atomic mass is 9.83. The second kappa shape index (κ2) is 1.48. The first kappa shape index (κ1) is 4.37. The molecule has 0 aliphatic heterocycles. The Morgan fingerprint density at radius 2 is 2.00 bits per heavy atom. The van der Waals surface area contributed by atoms with Crippen molar-refractivity contribution in [2.45, 2.75) is 25.7 Å². The summed E-state index contributed by atoms with van der Waals surface area (Å²) >= 11 is 0. The molecule has 2 aliphatic rings. The Morgan fingerprint density at radius 1 is 1.25 bits per heavy atom. The standard InChI is InChI=1S/C8H10/c1-3-7(4-1)8-5-2-6-8/h1,3H,2,4-6H2. The summed E-state index contributed by atoms with van der Waals surface area (Å²) in [5.41, 5.74) is 3.36. The normalized spacial score (nSPS) is 25.0. The number of hydrogen-bond acceptors (Lipinski definition) is 0. The number of allylic oxidation sites excluding steroid dienone is 4. The molecule has 0 saturated heterocycles. The maximum Gasteiger partial charge on any atom is -0.00948 e. The van der Waals surface area contributed by atoms with E-state index in [0.29, 0.717) is 0 Å². The summed E-state index contributed by atoms with van der Waals surface area (Å²) in [5.74, 6) is 0. The number of hydrogen-bond donors (Lipinski definition) is 0. The van der Waals surface area contributed by atoms with E-state index in [4.69, 9.17) is 0 Å². The average molecular weight is 106 g/mol. The maximum absolute atomic E-state index is 2.26. The Hall–Kier alpha value is -0.520. The molecule has 1 fully saturated rings. The molecule has 0 aromatic rings. The molecule has 0 aromatic carbocycles.